The summed E-state index contributed by atoms with van der Waals surface area (Å²) < 4.78 is 6.55. The lowest BCUT2D eigenvalue weighted by atomic mass is 10.2. The van der Waals surface area contributed by atoms with E-state index in [-0.39, 0.29) is 11.3 Å². The van der Waals surface area contributed by atoms with Gasteiger partial charge in [-0.25, -0.2) is 5.43 Å². The minimum Gasteiger partial charge on any atom is -0.506 e. The molecule has 0 saturated carbocycles. The van der Waals surface area contributed by atoms with E-state index in [0.717, 1.165) is 14.9 Å². The number of hydrogen-bond donors (Lipinski definition) is 2. The van der Waals surface area contributed by atoms with Crippen LogP contribution in [0, 0.1) is 7.14 Å². The summed E-state index contributed by atoms with van der Waals surface area (Å²) >= 11 is 4.07. The predicted octanol–water partition coefficient (Wildman–Crippen LogP) is 3.37. The molecule has 114 valence electrons. The second kappa shape index (κ2) is 7.77. The van der Waals surface area contributed by atoms with Gasteiger partial charge < -0.3 is 9.84 Å². The summed E-state index contributed by atoms with van der Waals surface area (Å²) in [6, 6.07) is 10.6. The summed E-state index contributed by atoms with van der Waals surface area (Å²) in [5.41, 5.74) is 3.42. The molecule has 22 heavy (non-hydrogen) atoms. The van der Waals surface area contributed by atoms with E-state index < -0.39 is 5.91 Å². The first-order valence-electron chi connectivity index (χ1n) is 6.16. The second-order valence-electron chi connectivity index (χ2n) is 4.26. The number of rotatable bonds is 4. The zero-order valence-electron chi connectivity index (χ0n) is 11.5. The topological polar surface area (TPSA) is 70.9 Å². The van der Waals surface area contributed by atoms with Crippen LogP contribution < -0.4 is 10.2 Å². The van der Waals surface area contributed by atoms with Crippen molar-refractivity contribution in [3.8, 4) is 11.5 Å². The fourth-order valence-electron chi connectivity index (χ4n) is 1.65. The zero-order valence-corrected chi connectivity index (χ0v) is 15.8. The van der Waals surface area contributed by atoms with Crippen molar-refractivity contribution in [2.45, 2.75) is 0 Å². The van der Waals surface area contributed by atoms with Crippen LogP contribution in [0.5, 0.6) is 11.5 Å². The molecule has 0 aliphatic rings. The van der Waals surface area contributed by atoms with Gasteiger partial charge in [-0.1, -0.05) is 0 Å². The molecule has 1 amide bonds. The number of hydrogen-bond acceptors (Lipinski definition) is 4. The van der Waals surface area contributed by atoms with Gasteiger partial charge in [-0.05, 0) is 87.1 Å². The molecule has 2 N–H and O–H groups in total. The molecule has 0 aromatic heterocycles. The third-order valence-electron chi connectivity index (χ3n) is 2.77. The van der Waals surface area contributed by atoms with Gasteiger partial charge in [0.2, 0.25) is 0 Å². The number of ether oxygens (including phenoxy) is 1. The van der Waals surface area contributed by atoms with Gasteiger partial charge in [-0.15, -0.1) is 0 Å². The fraction of sp³-hybridized carbons (Fsp3) is 0.0667. The number of amides is 1. The first-order chi connectivity index (χ1) is 10.5. The molecule has 2 aromatic carbocycles. The van der Waals surface area contributed by atoms with Crippen molar-refractivity contribution in [1.29, 1.82) is 0 Å². The van der Waals surface area contributed by atoms with Crippen LogP contribution >= 0.6 is 45.2 Å². The first-order valence-corrected chi connectivity index (χ1v) is 8.32. The number of methoxy groups -OCH3 is 1. The number of aromatic hydroxyl groups is 1. The Morgan fingerprint density at radius 3 is 2.59 bits per heavy atom. The van der Waals surface area contributed by atoms with Crippen LogP contribution in [0.25, 0.3) is 0 Å². The number of carbonyl (C=O) groups excluding carboxylic acids is 1. The number of phenols is 1. The van der Waals surface area contributed by atoms with Crippen molar-refractivity contribution in [3.05, 3.63) is 54.7 Å². The van der Waals surface area contributed by atoms with Crippen molar-refractivity contribution < 1.29 is 14.6 Å². The highest BCUT2D eigenvalue weighted by molar-refractivity contribution is 14.1. The van der Waals surface area contributed by atoms with Crippen LogP contribution in [-0.4, -0.2) is 24.3 Å². The maximum absolute atomic E-state index is 12.0. The van der Waals surface area contributed by atoms with Crippen LogP contribution in [0.15, 0.2) is 41.5 Å². The third-order valence-corrected chi connectivity index (χ3v) is 4.21. The van der Waals surface area contributed by atoms with Crippen LogP contribution in [0.3, 0.4) is 0 Å². The number of benzene rings is 2. The summed E-state index contributed by atoms with van der Waals surface area (Å²) in [6.45, 7) is 0. The molecule has 5 nitrogen and oxygen atoms in total. The van der Waals surface area contributed by atoms with E-state index in [1.807, 2.05) is 34.7 Å². The number of carbonyl (C=O) groups is 1. The molecule has 0 aliphatic carbocycles. The van der Waals surface area contributed by atoms with Gasteiger partial charge in [0, 0.05) is 3.57 Å². The Morgan fingerprint density at radius 2 is 1.95 bits per heavy atom. The summed E-state index contributed by atoms with van der Waals surface area (Å²) in [7, 11) is 1.60. The molecule has 0 saturated heterocycles. The Hall–Kier alpha value is -1.36. The average Bonchev–Trinajstić information content (AvgIpc) is 2.51. The van der Waals surface area contributed by atoms with E-state index in [1.54, 1.807) is 31.4 Å². The lowest BCUT2D eigenvalue weighted by Crippen LogP contribution is -2.18. The number of hydrazone groups is 1. The molecule has 2 rings (SSSR count). The minimum atomic E-state index is -0.460. The van der Waals surface area contributed by atoms with E-state index in [1.165, 1.54) is 6.21 Å². The van der Waals surface area contributed by atoms with Gasteiger partial charge in [-0.3, -0.25) is 4.79 Å². The van der Waals surface area contributed by atoms with Crippen LogP contribution in [0.2, 0.25) is 0 Å². The predicted molar refractivity (Wildman–Crippen MR) is 102 cm³/mol. The normalized spacial score (nSPS) is 10.7. The highest BCUT2D eigenvalue weighted by Gasteiger charge is 2.14. The average molecular weight is 522 g/mol. The highest BCUT2D eigenvalue weighted by atomic mass is 127. The molecule has 0 bridgehead atoms. The molecular formula is C15H12I2N2O3. The molecule has 0 fully saturated rings. The zero-order chi connectivity index (χ0) is 16.1. The number of nitrogens with one attached hydrogen (secondary N) is 1. The largest absolute Gasteiger partial charge is 0.506 e. The van der Waals surface area contributed by atoms with Gasteiger partial charge in [0.05, 0.1) is 22.5 Å². The fourth-order valence-corrected chi connectivity index (χ4v) is 3.50. The standard InChI is InChI=1S/C15H12I2N2O3/c1-22-11-4-2-9(3-5-11)8-18-19-15(21)12-6-10(16)7-13(17)14(12)20/h2-8,20H,1H3,(H,19,21). The van der Waals surface area contributed by atoms with Crippen LogP contribution in [0.4, 0.5) is 0 Å². The third kappa shape index (κ3) is 4.32. The van der Waals surface area contributed by atoms with E-state index in [4.69, 9.17) is 4.74 Å². The number of nitrogens with zero attached hydrogens (tertiary/aromatic N) is 1. The van der Waals surface area contributed by atoms with Gasteiger partial charge in [0.1, 0.15) is 11.5 Å². The molecule has 7 heteroatoms. The van der Waals surface area contributed by atoms with Gasteiger partial charge in [-0.2, -0.15) is 5.10 Å². The van der Waals surface area contributed by atoms with Crippen molar-refractivity contribution in [3.63, 3.8) is 0 Å². The van der Waals surface area contributed by atoms with Crippen LogP contribution in [0.1, 0.15) is 15.9 Å². The van der Waals surface area contributed by atoms with Crippen LogP contribution in [-0.2, 0) is 0 Å². The van der Waals surface area contributed by atoms with Gasteiger partial charge >= 0.3 is 0 Å². The Balaban J connectivity index is 2.07. The molecular weight excluding hydrogens is 510 g/mol. The maximum Gasteiger partial charge on any atom is 0.275 e. The molecule has 2 aromatic rings. The van der Waals surface area contributed by atoms with E-state index >= 15 is 0 Å². The number of halogens is 2. The Labute approximate surface area is 155 Å². The monoisotopic (exact) mass is 522 g/mol. The molecule has 0 aliphatic heterocycles. The van der Waals surface area contributed by atoms with Crippen molar-refractivity contribution in [1.82, 2.24) is 5.43 Å². The summed E-state index contributed by atoms with van der Waals surface area (Å²) in [4.78, 5) is 12.0. The highest BCUT2D eigenvalue weighted by Crippen LogP contribution is 2.26. The Bertz CT molecular complexity index is 715. The van der Waals surface area contributed by atoms with Crippen molar-refractivity contribution in [2.24, 2.45) is 5.10 Å². The maximum atomic E-state index is 12.0. The van der Waals surface area contributed by atoms with E-state index in [0.29, 0.717) is 3.57 Å². The summed E-state index contributed by atoms with van der Waals surface area (Å²) in [5, 5.41) is 13.8. The lowest BCUT2D eigenvalue weighted by Gasteiger charge is -2.06. The van der Waals surface area contributed by atoms with E-state index in [2.05, 4.69) is 33.1 Å². The Morgan fingerprint density at radius 1 is 1.27 bits per heavy atom. The van der Waals surface area contributed by atoms with Gasteiger partial charge in [0.15, 0.2) is 0 Å². The molecule has 0 heterocycles. The molecule has 0 radical (unpaired) electrons. The number of phenolic OH excluding ortho intramolecular Hbond substituents is 1. The van der Waals surface area contributed by atoms with Gasteiger partial charge in [0.25, 0.3) is 5.91 Å². The Kier molecular flexibility index (Phi) is 6.00. The summed E-state index contributed by atoms with van der Waals surface area (Å²) in [5.74, 6) is 0.247. The second-order valence-corrected chi connectivity index (χ2v) is 6.66. The lowest BCUT2D eigenvalue weighted by molar-refractivity contribution is 0.0952. The SMILES string of the molecule is COc1ccc(C=NNC(=O)c2cc(I)cc(I)c2O)cc1. The van der Waals surface area contributed by atoms with Crippen molar-refractivity contribution >= 4 is 57.3 Å². The molecule has 0 spiro atoms. The smallest absolute Gasteiger partial charge is 0.275 e. The molecule has 0 atom stereocenters. The van der Waals surface area contributed by atoms with Crippen molar-refractivity contribution in [2.75, 3.05) is 7.11 Å². The molecule has 0 unspecified atom stereocenters. The first kappa shape index (κ1) is 17.0. The summed E-state index contributed by atoms with van der Waals surface area (Å²) in [6.07, 6.45) is 1.52. The minimum absolute atomic E-state index is 0.0434. The quantitative estimate of drug-likeness (QED) is 0.368. The van der Waals surface area contributed by atoms with E-state index in [9.17, 15) is 9.90 Å².